The van der Waals surface area contributed by atoms with Crippen molar-refractivity contribution in [3.8, 4) is 0 Å². The molecular weight excluding hydrogens is 506 g/mol. The van der Waals surface area contributed by atoms with Gasteiger partial charge in [-0.2, -0.15) is 0 Å². The number of methoxy groups -OCH3 is 1. The highest BCUT2D eigenvalue weighted by Gasteiger charge is 2.32. The summed E-state index contributed by atoms with van der Waals surface area (Å²) in [5.41, 5.74) is 5.82. The van der Waals surface area contributed by atoms with E-state index < -0.39 is 0 Å². The van der Waals surface area contributed by atoms with Crippen molar-refractivity contribution in [1.82, 2.24) is 4.57 Å². The van der Waals surface area contributed by atoms with Gasteiger partial charge in [-0.3, -0.25) is 4.79 Å². The largest absolute Gasteiger partial charge is 0.465 e. The van der Waals surface area contributed by atoms with E-state index in [4.69, 9.17) is 16.3 Å². The van der Waals surface area contributed by atoms with Crippen molar-refractivity contribution < 1.29 is 14.3 Å². The number of benzene rings is 3. The fourth-order valence-corrected chi connectivity index (χ4v) is 5.52. The highest BCUT2D eigenvalue weighted by molar-refractivity contribution is 6.31. The number of esters is 1. The summed E-state index contributed by atoms with van der Waals surface area (Å²) in [4.78, 5) is 26.1. The third-order valence-electron chi connectivity index (χ3n) is 7.82. The van der Waals surface area contributed by atoms with Gasteiger partial charge in [0, 0.05) is 28.4 Å². The first-order valence-corrected chi connectivity index (χ1v) is 14.1. The summed E-state index contributed by atoms with van der Waals surface area (Å²) in [5.74, 6) is 0.275. The van der Waals surface area contributed by atoms with Crippen LogP contribution in [-0.4, -0.2) is 23.4 Å². The molecule has 0 aliphatic heterocycles. The highest BCUT2D eigenvalue weighted by atomic mass is 35.5. The second-order valence-electron chi connectivity index (χ2n) is 11.9. The topological polar surface area (TPSA) is 48.3 Å². The molecule has 1 aliphatic carbocycles. The number of hydrogen-bond donors (Lipinski definition) is 0. The number of carbonyl (C=O) groups is 2. The van der Waals surface area contributed by atoms with Gasteiger partial charge in [0.2, 0.25) is 0 Å². The van der Waals surface area contributed by atoms with Crippen LogP contribution in [0.1, 0.15) is 77.6 Å². The van der Waals surface area contributed by atoms with E-state index in [1.54, 1.807) is 12.1 Å². The first-order valence-electron chi connectivity index (χ1n) is 13.7. The third kappa shape index (κ3) is 6.28. The average molecular weight is 542 g/mol. The maximum atomic E-state index is 14.3. The Morgan fingerprint density at radius 1 is 0.949 bits per heavy atom. The van der Waals surface area contributed by atoms with Gasteiger partial charge in [-0.1, -0.05) is 81.6 Å². The van der Waals surface area contributed by atoms with Crippen LogP contribution in [0.25, 0.3) is 10.9 Å². The lowest BCUT2D eigenvalue weighted by atomic mass is 9.86. The standard InChI is InChI=1S/C34H36ClNO3/c1-34(2,3)28-13-9-24(10-14-28)21-36-30-16-15-29(35)19-26(30)20-31(36)32(37)27(17-22-5-6-22)18-23-7-11-25(12-8-23)33(38)39-4/h7-16,19-20,22,27H,5-6,17-18,21H2,1-4H3. The first-order chi connectivity index (χ1) is 18.6. The third-order valence-corrected chi connectivity index (χ3v) is 8.05. The number of ketones is 1. The van der Waals surface area contributed by atoms with E-state index in [1.165, 1.54) is 25.5 Å². The zero-order valence-corrected chi connectivity index (χ0v) is 23.9. The predicted octanol–water partition coefficient (Wildman–Crippen LogP) is 8.27. The van der Waals surface area contributed by atoms with Crippen molar-refractivity contribution >= 4 is 34.3 Å². The van der Waals surface area contributed by atoms with E-state index in [0.717, 1.165) is 34.1 Å². The van der Waals surface area contributed by atoms with Crippen LogP contribution in [0.4, 0.5) is 0 Å². The van der Waals surface area contributed by atoms with Gasteiger partial charge in [0.1, 0.15) is 0 Å². The van der Waals surface area contributed by atoms with E-state index in [2.05, 4.69) is 49.6 Å². The average Bonchev–Trinajstić information content (AvgIpc) is 3.67. The van der Waals surface area contributed by atoms with Crippen LogP contribution < -0.4 is 0 Å². The molecule has 5 rings (SSSR count). The number of Topliss-reactive ketones (excluding diaryl/α,β-unsaturated/α-hetero) is 1. The van der Waals surface area contributed by atoms with Crippen LogP contribution in [-0.2, 0) is 23.1 Å². The van der Waals surface area contributed by atoms with Crippen LogP contribution in [0.3, 0.4) is 0 Å². The molecule has 202 valence electrons. The molecule has 1 atom stereocenters. The molecular formula is C34H36ClNO3. The zero-order valence-electron chi connectivity index (χ0n) is 23.2. The van der Waals surface area contributed by atoms with Gasteiger partial charge in [0.15, 0.2) is 5.78 Å². The Bertz CT molecular complexity index is 1490. The monoisotopic (exact) mass is 541 g/mol. The zero-order chi connectivity index (χ0) is 27.7. The van der Waals surface area contributed by atoms with Gasteiger partial charge in [-0.05, 0) is 77.3 Å². The Kier molecular flexibility index (Phi) is 7.68. The number of ether oxygens (including phenoxy) is 1. The van der Waals surface area contributed by atoms with Crippen LogP contribution >= 0.6 is 11.6 Å². The molecule has 0 radical (unpaired) electrons. The molecule has 1 heterocycles. The molecule has 0 bridgehead atoms. The summed E-state index contributed by atoms with van der Waals surface area (Å²) in [6.07, 6.45) is 3.88. The SMILES string of the molecule is COC(=O)c1ccc(CC(CC2CC2)C(=O)c2cc3cc(Cl)ccc3n2Cc2ccc(C(C)(C)C)cc2)cc1. The Labute approximate surface area is 235 Å². The normalized spacial score (nSPS) is 14.4. The van der Waals surface area contributed by atoms with Crippen LogP contribution in [0.5, 0.6) is 0 Å². The van der Waals surface area contributed by atoms with Gasteiger partial charge in [-0.25, -0.2) is 4.79 Å². The molecule has 1 saturated carbocycles. The van der Waals surface area contributed by atoms with Gasteiger partial charge in [-0.15, -0.1) is 0 Å². The summed E-state index contributed by atoms with van der Waals surface area (Å²) in [7, 11) is 1.38. The van der Waals surface area contributed by atoms with Crippen LogP contribution in [0, 0.1) is 11.8 Å². The smallest absolute Gasteiger partial charge is 0.337 e. The van der Waals surface area contributed by atoms with Gasteiger partial charge >= 0.3 is 5.97 Å². The second-order valence-corrected chi connectivity index (χ2v) is 12.3. The summed E-state index contributed by atoms with van der Waals surface area (Å²) in [6.45, 7) is 7.25. The molecule has 1 unspecified atom stereocenters. The molecule has 39 heavy (non-hydrogen) atoms. The lowest BCUT2D eigenvalue weighted by Gasteiger charge is -2.20. The van der Waals surface area contributed by atoms with Gasteiger partial charge in [0.05, 0.1) is 18.4 Å². The van der Waals surface area contributed by atoms with Crippen molar-refractivity contribution in [3.63, 3.8) is 0 Å². The van der Waals surface area contributed by atoms with Crippen molar-refractivity contribution in [2.75, 3.05) is 7.11 Å². The Morgan fingerprint density at radius 2 is 1.62 bits per heavy atom. The summed E-state index contributed by atoms with van der Waals surface area (Å²) in [5, 5.41) is 1.64. The molecule has 4 aromatic rings. The number of aromatic nitrogens is 1. The first kappa shape index (κ1) is 27.2. The molecule has 1 fully saturated rings. The minimum Gasteiger partial charge on any atom is -0.465 e. The van der Waals surface area contributed by atoms with Gasteiger partial charge < -0.3 is 9.30 Å². The lowest BCUT2D eigenvalue weighted by Crippen LogP contribution is -2.22. The van der Waals surface area contributed by atoms with Crippen LogP contribution in [0.15, 0.2) is 72.8 Å². The Morgan fingerprint density at radius 3 is 2.23 bits per heavy atom. The predicted molar refractivity (Wildman–Crippen MR) is 158 cm³/mol. The molecule has 0 spiro atoms. The summed E-state index contributed by atoms with van der Waals surface area (Å²) in [6, 6.07) is 24.0. The van der Waals surface area contributed by atoms with E-state index in [9.17, 15) is 9.59 Å². The Hall–Kier alpha value is -3.37. The molecule has 5 heteroatoms. The number of hydrogen-bond acceptors (Lipinski definition) is 3. The fourth-order valence-electron chi connectivity index (χ4n) is 5.34. The molecule has 0 saturated heterocycles. The molecule has 1 aromatic heterocycles. The van der Waals surface area contributed by atoms with Crippen molar-refractivity contribution in [3.05, 3.63) is 106 Å². The molecule has 1 aliphatic rings. The van der Waals surface area contributed by atoms with E-state index in [1.807, 2.05) is 36.4 Å². The number of halogens is 1. The quantitative estimate of drug-likeness (QED) is 0.158. The number of carbonyl (C=O) groups excluding carboxylic acids is 2. The number of fused-ring (bicyclic) bond motifs is 1. The highest BCUT2D eigenvalue weighted by Crippen LogP contribution is 2.38. The fraction of sp³-hybridized carbons (Fsp3) is 0.353. The van der Waals surface area contributed by atoms with E-state index in [0.29, 0.717) is 29.5 Å². The summed E-state index contributed by atoms with van der Waals surface area (Å²) < 4.78 is 6.98. The number of rotatable bonds is 9. The van der Waals surface area contributed by atoms with E-state index in [-0.39, 0.29) is 23.1 Å². The molecule has 0 N–H and O–H groups in total. The molecule has 4 nitrogen and oxygen atoms in total. The van der Waals surface area contributed by atoms with Gasteiger partial charge in [0.25, 0.3) is 0 Å². The Balaban J connectivity index is 1.48. The van der Waals surface area contributed by atoms with Crippen molar-refractivity contribution in [2.24, 2.45) is 11.8 Å². The lowest BCUT2D eigenvalue weighted by molar-refractivity contribution is 0.0600. The van der Waals surface area contributed by atoms with E-state index >= 15 is 0 Å². The van der Waals surface area contributed by atoms with Crippen molar-refractivity contribution in [1.29, 1.82) is 0 Å². The summed E-state index contributed by atoms with van der Waals surface area (Å²) >= 11 is 6.35. The molecule has 0 amide bonds. The maximum absolute atomic E-state index is 14.3. The van der Waals surface area contributed by atoms with Crippen molar-refractivity contribution in [2.45, 2.75) is 58.4 Å². The minimum absolute atomic E-state index is 0.0850. The molecule has 3 aromatic carbocycles. The number of nitrogens with zero attached hydrogens (tertiary/aromatic N) is 1. The maximum Gasteiger partial charge on any atom is 0.337 e. The minimum atomic E-state index is -0.356. The second kappa shape index (κ2) is 11.0. The van der Waals surface area contributed by atoms with Crippen LogP contribution in [0.2, 0.25) is 5.02 Å².